The predicted molar refractivity (Wildman–Crippen MR) is 93.5 cm³/mol. The Morgan fingerprint density at radius 3 is 2.58 bits per heavy atom. The molecule has 24 heavy (non-hydrogen) atoms. The molecule has 1 aliphatic rings. The first-order valence-electron chi connectivity index (χ1n) is 8.76. The van der Waals surface area contributed by atoms with Crippen LogP contribution in [0.25, 0.3) is 0 Å². The van der Waals surface area contributed by atoms with E-state index in [1.165, 1.54) is 5.69 Å². The number of anilines is 1. The van der Waals surface area contributed by atoms with Gasteiger partial charge in [-0.15, -0.1) is 0 Å². The Balaban J connectivity index is 1.63. The minimum Gasteiger partial charge on any atom is -0.492 e. The summed E-state index contributed by atoms with van der Waals surface area (Å²) in [6.07, 6.45) is 0.804. The van der Waals surface area contributed by atoms with Gasteiger partial charge in [-0.2, -0.15) is 4.98 Å². The van der Waals surface area contributed by atoms with E-state index in [-0.39, 0.29) is 6.04 Å². The standard InChI is InChI=1S/C18H26N4O2/c1-4-17-19-18(24-20-17)14(3)21-10-12-22(13-11-21)15-8-6-7-9-16(15)23-5-2/h6-9,14H,4-5,10-13H2,1-3H3. The van der Waals surface area contributed by atoms with Crippen molar-refractivity contribution < 1.29 is 9.26 Å². The molecule has 0 saturated carbocycles. The Hall–Kier alpha value is -2.08. The van der Waals surface area contributed by atoms with Crippen LogP contribution in [-0.4, -0.2) is 47.8 Å². The zero-order chi connectivity index (χ0) is 16.9. The number of ether oxygens (including phenoxy) is 1. The first-order valence-corrected chi connectivity index (χ1v) is 8.76. The summed E-state index contributed by atoms with van der Waals surface area (Å²) in [7, 11) is 0. The average molecular weight is 330 g/mol. The Kier molecular flexibility index (Phi) is 5.35. The number of aromatic nitrogens is 2. The molecule has 1 fully saturated rings. The number of para-hydroxylation sites is 2. The van der Waals surface area contributed by atoms with E-state index >= 15 is 0 Å². The van der Waals surface area contributed by atoms with Crippen LogP contribution in [0.3, 0.4) is 0 Å². The second-order valence-corrected chi connectivity index (χ2v) is 6.00. The summed E-state index contributed by atoms with van der Waals surface area (Å²) in [6.45, 7) is 10.7. The van der Waals surface area contributed by atoms with Crippen LogP contribution < -0.4 is 9.64 Å². The third kappa shape index (κ3) is 3.53. The fraction of sp³-hybridized carbons (Fsp3) is 0.556. The van der Waals surface area contributed by atoms with E-state index in [1.54, 1.807) is 0 Å². The van der Waals surface area contributed by atoms with Gasteiger partial charge in [0.15, 0.2) is 5.82 Å². The summed E-state index contributed by atoms with van der Waals surface area (Å²) in [5.41, 5.74) is 1.18. The molecular formula is C18H26N4O2. The molecule has 6 heteroatoms. The maximum atomic E-state index is 5.76. The van der Waals surface area contributed by atoms with Gasteiger partial charge >= 0.3 is 0 Å². The van der Waals surface area contributed by atoms with Gasteiger partial charge in [0.1, 0.15) is 5.75 Å². The van der Waals surface area contributed by atoms with Gasteiger partial charge in [-0.3, -0.25) is 4.90 Å². The molecule has 1 aromatic carbocycles. The van der Waals surface area contributed by atoms with Gasteiger partial charge in [0.25, 0.3) is 0 Å². The number of nitrogens with zero attached hydrogens (tertiary/aromatic N) is 4. The molecule has 0 amide bonds. The van der Waals surface area contributed by atoms with Gasteiger partial charge in [-0.1, -0.05) is 24.2 Å². The van der Waals surface area contributed by atoms with Crippen LogP contribution in [0.5, 0.6) is 5.75 Å². The first kappa shape index (κ1) is 16.8. The zero-order valence-electron chi connectivity index (χ0n) is 14.7. The lowest BCUT2D eigenvalue weighted by molar-refractivity contribution is 0.164. The summed E-state index contributed by atoms with van der Waals surface area (Å²) >= 11 is 0. The molecule has 0 radical (unpaired) electrons. The van der Waals surface area contributed by atoms with Crippen LogP contribution in [0.4, 0.5) is 5.69 Å². The van der Waals surface area contributed by atoms with E-state index in [0.717, 1.165) is 50.1 Å². The minimum atomic E-state index is 0.155. The molecule has 2 aromatic rings. The third-order valence-electron chi connectivity index (χ3n) is 4.53. The third-order valence-corrected chi connectivity index (χ3v) is 4.53. The van der Waals surface area contributed by atoms with Crippen molar-refractivity contribution >= 4 is 5.69 Å². The van der Waals surface area contributed by atoms with Crippen molar-refractivity contribution in [1.29, 1.82) is 0 Å². The zero-order valence-corrected chi connectivity index (χ0v) is 14.7. The molecule has 1 unspecified atom stereocenters. The largest absolute Gasteiger partial charge is 0.492 e. The lowest BCUT2D eigenvalue weighted by Gasteiger charge is -2.38. The van der Waals surface area contributed by atoms with E-state index in [1.807, 2.05) is 26.0 Å². The van der Waals surface area contributed by atoms with Crippen molar-refractivity contribution in [3.8, 4) is 5.75 Å². The maximum Gasteiger partial charge on any atom is 0.243 e. The SMILES string of the molecule is CCOc1ccccc1N1CCN(C(C)c2nc(CC)no2)CC1. The van der Waals surface area contributed by atoms with Crippen molar-refractivity contribution in [1.82, 2.24) is 15.0 Å². The summed E-state index contributed by atoms with van der Waals surface area (Å²) in [5.74, 6) is 2.46. The quantitative estimate of drug-likeness (QED) is 0.812. The molecule has 2 heterocycles. The van der Waals surface area contributed by atoms with E-state index in [4.69, 9.17) is 9.26 Å². The van der Waals surface area contributed by atoms with Crippen molar-refractivity contribution in [2.24, 2.45) is 0 Å². The fourth-order valence-electron chi connectivity index (χ4n) is 3.08. The molecule has 6 nitrogen and oxygen atoms in total. The van der Waals surface area contributed by atoms with E-state index < -0.39 is 0 Å². The molecule has 0 N–H and O–H groups in total. The highest BCUT2D eigenvalue weighted by atomic mass is 16.5. The van der Waals surface area contributed by atoms with Crippen molar-refractivity contribution in [3.63, 3.8) is 0 Å². The van der Waals surface area contributed by atoms with Gasteiger partial charge in [-0.05, 0) is 26.0 Å². The molecule has 130 valence electrons. The average Bonchev–Trinajstić information content (AvgIpc) is 3.11. The Labute approximate surface area is 143 Å². The van der Waals surface area contributed by atoms with Crippen LogP contribution in [-0.2, 0) is 6.42 Å². The van der Waals surface area contributed by atoms with Crippen LogP contribution in [0.2, 0.25) is 0 Å². The first-order chi connectivity index (χ1) is 11.7. The lowest BCUT2D eigenvalue weighted by atomic mass is 10.2. The molecule has 1 atom stereocenters. The van der Waals surface area contributed by atoms with Crippen molar-refractivity contribution in [2.75, 3.05) is 37.7 Å². The van der Waals surface area contributed by atoms with E-state index in [2.05, 4.69) is 39.0 Å². The topological polar surface area (TPSA) is 54.6 Å². The fourth-order valence-corrected chi connectivity index (χ4v) is 3.08. The van der Waals surface area contributed by atoms with Gasteiger partial charge in [0, 0.05) is 32.6 Å². The summed E-state index contributed by atoms with van der Waals surface area (Å²) in [6, 6.07) is 8.42. The molecule has 3 rings (SSSR count). The van der Waals surface area contributed by atoms with Crippen LogP contribution in [0.1, 0.15) is 38.5 Å². The smallest absolute Gasteiger partial charge is 0.243 e. The molecule has 0 spiro atoms. The summed E-state index contributed by atoms with van der Waals surface area (Å²) in [4.78, 5) is 9.25. The maximum absolute atomic E-state index is 5.76. The monoisotopic (exact) mass is 330 g/mol. The Morgan fingerprint density at radius 1 is 1.17 bits per heavy atom. The highest BCUT2D eigenvalue weighted by molar-refractivity contribution is 5.58. The molecule has 1 aromatic heterocycles. The Morgan fingerprint density at radius 2 is 1.92 bits per heavy atom. The molecule has 1 saturated heterocycles. The number of hydrogen-bond donors (Lipinski definition) is 0. The lowest BCUT2D eigenvalue weighted by Crippen LogP contribution is -2.47. The van der Waals surface area contributed by atoms with Crippen molar-refractivity contribution in [2.45, 2.75) is 33.2 Å². The minimum absolute atomic E-state index is 0.155. The van der Waals surface area contributed by atoms with Crippen LogP contribution in [0, 0.1) is 0 Å². The van der Waals surface area contributed by atoms with Gasteiger partial charge in [-0.25, -0.2) is 0 Å². The predicted octanol–water partition coefficient (Wildman–Crippen LogP) is 2.91. The van der Waals surface area contributed by atoms with Gasteiger partial charge in [0.2, 0.25) is 5.89 Å². The molecule has 0 aliphatic carbocycles. The molecule has 1 aliphatic heterocycles. The Bertz CT molecular complexity index is 650. The highest BCUT2D eigenvalue weighted by Gasteiger charge is 2.26. The van der Waals surface area contributed by atoms with E-state index in [0.29, 0.717) is 6.61 Å². The van der Waals surface area contributed by atoms with Crippen LogP contribution in [0.15, 0.2) is 28.8 Å². The number of rotatable bonds is 6. The van der Waals surface area contributed by atoms with Crippen molar-refractivity contribution in [3.05, 3.63) is 36.0 Å². The van der Waals surface area contributed by atoms with Gasteiger partial charge in [0.05, 0.1) is 18.3 Å². The molecule has 0 bridgehead atoms. The number of piperazine rings is 1. The highest BCUT2D eigenvalue weighted by Crippen LogP contribution is 2.30. The second kappa shape index (κ2) is 7.66. The van der Waals surface area contributed by atoms with Gasteiger partial charge < -0.3 is 14.2 Å². The number of hydrogen-bond acceptors (Lipinski definition) is 6. The van der Waals surface area contributed by atoms with Crippen LogP contribution >= 0.6 is 0 Å². The van der Waals surface area contributed by atoms with E-state index in [9.17, 15) is 0 Å². The molecular weight excluding hydrogens is 304 g/mol. The second-order valence-electron chi connectivity index (χ2n) is 6.00. The summed E-state index contributed by atoms with van der Waals surface area (Å²) in [5, 5.41) is 4.01. The number of benzene rings is 1. The summed E-state index contributed by atoms with van der Waals surface area (Å²) < 4.78 is 11.2. The number of aryl methyl sites for hydroxylation is 1. The normalized spacial score (nSPS) is 17.0.